The number of carbonyl (C=O) groups is 3. The minimum absolute atomic E-state index is 0.00758. The molecule has 2 amide bonds. The molecule has 8 heteroatoms. The lowest BCUT2D eigenvalue weighted by molar-refractivity contribution is -0.137. The average molecular weight is 411 g/mol. The normalized spacial score (nSPS) is 10.2. The highest BCUT2D eigenvalue weighted by Crippen LogP contribution is 2.15. The zero-order valence-corrected chi connectivity index (χ0v) is 16.6. The maximum absolute atomic E-state index is 12.5. The van der Waals surface area contributed by atoms with Gasteiger partial charge in [0, 0.05) is 18.7 Å². The number of rotatable bonds is 7. The quantitative estimate of drug-likeness (QED) is 0.368. The van der Waals surface area contributed by atoms with Crippen molar-refractivity contribution in [2.45, 2.75) is 13.5 Å². The van der Waals surface area contributed by atoms with Crippen molar-refractivity contribution in [3.05, 3.63) is 77.9 Å². The van der Waals surface area contributed by atoms with Crippen LogP contribution in [0.4, 0.5) is 5.69 Å². The molecule has 29 heavy (non-hydrogen) atoms. The van der Waals surface area contributed by atoms with Crippen molar-refractivity contribution in [1.29, 1.82) is 0 Å². The summed E-state index contributed by atoms with van der Waals surface area (Å²) in [5.74, 6) is -1.50. The van der Waals surface area contributed by atoms with Gasteiger partial charge >= 0.3 is 5.97 Å². The third-order valence-electron chi connectivity index (χ3n) is 3.61. The number of thiocarbonyl (C=S) groups is 1. The van der Waals surface area contributed by atoms with Gasteiger partial charge in [0.1, 0.15) is 0 Å². The molecule has 0 aliphatic heterocycles. The molecule has 0 atom stereocenters. The van der Waals surface area contributed by atoms with E-state index in [-0.39, 0.29) is 17.6 Å². The maximum Gasteiger partial charge on any atom is 0.330 e. The lowest BCUT2D eigenvalue weighted by Crippen LogP contribution is -2.34. The summed E-state index contributed by atoms with van der Waals surface area (Å²) in [5.41, 5.74) is 1.79. The average Bonchev–Trinajstić information content (AvgIpc) is 2.72. The maximum atomic E-state index is 12.5. The van der Waals surface area contributed by atoms with E-state index in [2.05, 4.69) is 16.0 Å². The first-order chi connectivity index (χ1) is 14.0. The van der Waals surface area contributed by atoms with Gasteiger partial charge in [-0.25, -0.2) is 4.79 Å². The summed E-state index contributed by atoms with van der Waals surface area (Å²) in [6, 6.07) is 16.3. The van der Waals surface area contributed by atoms with Crippen LogP contribution >= 0.6 is 12.2 Å². The van der Waals surface area contributed by atoms with Gasteiger partial charge in [-0.15, -0.1) is 0 Å². The first kappa shape index (κ1) is 21.8. The molecule has 0 saturated heterocycles. The molecule has 0 saturated carbocycles. The summed E-state index contributed by atoms with van der Waals surface area (Å²) < 4.78 is 4.69. The predicted octanol–water partition coefficient (Wildman–Crippen LogP) is 2.55. The smallest absolute Gasteiger partial charge is 0.330 e. The standard InChI is InChI=1S/C21H21N3O4S/c1-2-28-19(26)13-12-18(25)24-21(29)23-17-11-7-6-10-16(17)20(27)22-14-15-8-4-3-5-9-15/h3-13H,2,14H2,1H3,(H,22,27)(H2,23,24,25,29)/b13-12+. The van der Waals surface area contributed by atoms with Crippen LogP contribution in [0.1, 0.15) is 22.8 Å². The van der Waals surface area contributed by atoms with E-state index in [4.69, 9.17) is 17.0 Å². The summed E-state index contributed by atoms with van der Waals surface area (Å²) in [7, 11) is 0. The second kappa shape index (κ2) is 11.4. The predicted molar refractivity (Wildman–Crippen MR) is 114 cm³/mol. The summed E-state index contributed by atoms with van der Waals surface area (Å²) in [6.45, 7) is 2.26. The zero-order chi connectivity index (χ0) is 21.1. The molecule has 0 radical (unpaired) electrons. The summed E-state index contributed by atoms with van der Waals surface area (Å²) in [5, 5.41) is 8.06. The van der Waals surface area contributed by atoms with E-state index in [1.54, 1.807) is 31.2 Å². The molecule has 150 valence electrons. The largest absolute Gasteiger partial charge is 0.463 e. The Morgan fingerprint density at radius 2 is 1.69 bits per heavy atom. The molecule has 7 nitrogen and oxygen atoms in total. The second-order valence-corrected chi connectivity index (χ2v) is 6.15. The molecule has 0 heterocycles. The molecule has 0 spiro atoms. The monoisotopic (exact) mass is 411 g/mol. The van der Waals surface area contributed by atoms with E-state index in [0.717, 1.165) is 17.7 Å². The topological polar surface area (TPSA) is 96.5 Å². The summed E-state index contributed by atoms with van der Waals surface area (Å²) >= 11 is 5.11. The zero-order valence-electron chi connectivity index (χ0n) is 15.8. The Balaban J connectivity index is 1.95. The Bertz CT molecular complexity index is 913. The molecule has 0 fully saturated rings. The van der Waals surface area contributed by atoms with Crippen LogP contribution in [0.2, 0.25) is 0 Å². The molecule has 0 aliphatic carbocycles. The van der Waals surface area contributed by atoms with Gasteiger partial charge in [0.25, 0.3) is 5.91 Å². The number of esters is 1. The van der Waals surface area contributed by atoms with E-state index in [1.165, 1.54) is 0 Å². The van der Waals surface area contributed by atoms with E-state index in [9.17, 15) is 14.4 Å². The van der Waals surface area contributed by atoms with E-state index in [0.29, 0.717) is 17.8 Å². The van der Waals surface area contributed by atoms with Crippen molar-refractivity contribution >= 4 is 40.8 Å². The number of amides is 2. The van der Waals surface area contributed by atoms with E-state index < -0.39 is 11.9 Å². The lowest BCUT2D eigenvalue weighted by atomic mass is 10.1. The fourth-order valence-corrected chi connectivity index (χ4v) is 2.52. The Morgan fingerprint density at radius 3 is 2.41 bits per heavy atom. The van der Waals surface area contributed by atoms with Crippen molar-refractivity contribution < 1.29 is 19.1 Å². The molecule has 0 unspecified atom stereocenters. The number of ether oxygens (including phenoxy) is 1. The minimum atomic E-state index is -0.623. The second-order valence-electron chi connectivity index (χ2n) is 5.74. The Hall–Kier alpha value is -3.52. The first-order valence-corrected chi connectivity index (χ1v) is 9.28. The van der Waals surface area contributed by atoms with Crippen LogP contribution < -0.4 is 16.0 Å². The molecule has 2 aromatic carbocycles. The summed E-state index contributed by atoms with van der Waals surface area (Å²) in [4.78, 5) is 35.6. The SMILES string of the molecule is CCOC(=O)/C=C/C(=O)NC(=S)Nc1ccccc1C(=O)NCc1ccccc1. The van der Waals surface area contributed by atoms with Crippen molar-refractivity contribution in [2.75, 3.05) is 11.9 Å². The molecular weight excluding hydrogens is 390 g/mol. The highest BCUT2D eigenvalue weighted by molar-refractivity contribution is 7.80. The van der Waals surface area contributed by atoms with E-state index in [1.807, 2.05) is 30.3 Å². The Kier molecular flexibility index (Phi) is 8.52. The van der Waals surface area contributed by atoms with Crippen molar-refractivity contribution in [3.63, 3.8) is 0 Å². The Labute approximate surface area is 174 Å². The van der Waals surface area contributed by atoms with Gasteiger partial charge in [-0.1, -0.05) is 42.5 Å². The molecule has 2 rings (SSSR count). The van der Waals surface area contributed by atoms with Crippen LogP contribution in [0.15, 0.2) is 66.7 Å². The minimum Gasteiger partial charge on any atom is -0.463 e. The van der Waals surface area contributed by atoms with Crippen LogP contribution in [0.3, 0.4) is 0 Å². The number of anilines is 1. The molecule has 2 aromatic rings. The van der Waals surface area contributed by atoms with Gasteiger partial charge in [0.05, 0.1) is 17.9 Å². The van der Waals surface area contributed by atoms with Crippen molar-refractivity contribution in [1.82, 2.24) is 10.6 Å². The third-order valence-corrected chi connectivity index (χ3v) is 3.81. The number of hydrogen-bond acceptors (Lipinski definition) is 5. The van der Waals surface area contributed by atoms with Crippen LogP contribution in [0.5, 0.6) is 0 Å². The van der Waals surface area contributed by atoms with Gasteiger partial charge in [0.15, 0.2) is 5.11 Å². The molecule has 0 bridgehead atoms. The van der Waals surface area contributed by atoms with Gasteiger partial charge in [-0.3, -0.25) is 14.9 Å². The highest BCUT2D eigenvalue weighted by Gasteiger charge is 2.12. The fourth-order valence-electron chi connectivity index (χ4n) is 2.30. The van der Waals surface area contributed by atoms with Crippen LogP contribution in [-0.2, 0) is 20.9 Å². The lowest BCUT2D eigenvalue weighted by Gasteiger charge is -2.13. The number of carbonyl (C=O) groups excluding carboxylic acids is 3. The van der Waals surface area contributed by atoms with Crippen molar-refractivity contribution in [2.24, 2.45) is 0 Å². The Morgan fingerprint density at radius 1 is 1.00 bits per heavy atom. The first-order valence-electron chi connectivity index (χ1n) is 8.87. The fraction of sp³-hybridized carbons (Fsp3) is 0.143. The van der Waals surface area contributed by atoms with Gasteiger partial charge in [-0.05, 0) is 36.8 Å². The van der Waals surface area contributed by atoms with Crippen molar-refractivity contribution in [3.8, 4) is 0 Å². The summed E-state index contributed by atoms with van der Waals surface area (Å²) in [6.07, 6.45) is 2.02. The van der Waals surface area contributed by atoms with E-state index >= 15 is 0 Å². The van der Waals surface area contributed by atoms with Gasteiger partial charge in [-0.2, -0.15) is 0 Å². The highest BCUT2D eigenvalue weighted by atomic mass is 32.1. The van der Waals surface area contributed by atoms with Crippen LogP contribution in [-0.4, -0.2) is 29.5 Å². The number of benzene rings is 2. The molecule has 0 aliphatic rings. The number of hydrogen-bond donors (Lipinski definition) is 3. The molecular formula is C21H21N3O4S. The molecule has 0 aromatic heterocycles. The number of para-hydroxylation sites is 1. The molecule has 3 N–H and O–H groups in total. The van der Waals surface area contributed by atoms with Crippen LogP contribution in [0, 0.1) is 0 Å². The van der Waals surface area contributed by atoms with Gasteiger partial charge < -0.3 is 15.4 Å². The van der Waals surface area contributed by atoms with Gasteiger partial charge in [0.2, 0.25) is 5.91 Å². The number of nitrogens with one attached hydrogen (secondary N) is 3. The van der Waals surface area contributed by atoms with Crippen LogP contribution in [0.25, 0.3) is 0 Å². The third kappa shape index (κ3) is 7.55.